The molecule has 2 fully saturated rings. The highest BCUT2D eigenvalue weighted by Gasteiger charge is 2.34. The lowest BCUT2D eigenvalue weighted by Crippen LogP contribution is -2.48. The zero-order valence-corrected chi connectivity index (χ0v) is 15.5. The van der Waals surface area contributed by atoms with Crippen molar-refractivity contribution < 1.29 is 13.2 Å². The predicted octanol–water partition coefficient (Wildman–Crippen LogP) is 1.10. The van der Waals surface area contributed by atoms with E-state index in [4.69, 9.17) is 5.73 Å². The second-order valence-corrected chi connectivity index (χ2v) is 8.62. The normalized spacial score (nSPS) is 26.7. The minimum Gasteiger partial charge on any atom is -0.353 e. The number of piperidine rings is 1. The molecule has 2 atom stereocenters. The summed E-state index contributed by atoms with van der Waals surface area (Å²) in [6, 6.07) is 0.0969. The van der Waals surface area contributed by atoms with Crippen molar-refractivity contribution in [1.82, 2.24) is 9.62 Å². The van der Waals surface area contributed by atoms with Gasteiger partial charge in [-0.3, -0.25) is 4.79 Å². The van der Waals surface area contributed by atoms with Crippen molar-refractivity contribution in [2.24, 2.45) is 17.6 Å². The molecule has 1 saturated carbocycles. The van der Waals surface area contributed by atoms with Crippen LogP contribution in [-0.4, -0.2) is 50.1 Å². The van der Waals surface area contributed by atoms with Gasteiger partial charge in [-0.05, 0) is 44.6 Å². The number of carbonyl (C=O) groups excluding carboxylic acids is 1. The van der Waals surface area contributed by atoms with Gasteiger partial charge in [0.1, 0.15) is 0 Å². The molecule has 136 valence electrons. The van der Waals surface area contributed by atoms with Crippen molar-refractivity contribution in [2.45, 2.75) is 51.5 Å². The van der Waals surface area contributed by atoms with E-state index in [1.807, 2.05) is 6.92 Å². The molecule has 2 aliphatic rings. The summed E-state index contributed by atoms with van der Waals surface area (Å²) in [5.41, 5.74) is 5.74. The van der Waals surface area contributed by atoms with Gasteiger partial charge >= 0.3 is 0 Å². The van der Waals surface area contributed by atoms with Crippen LogP contribution in [0.2, 0.25) is 0 Å². The van der Waals surface area contributed by atoms with Gasteiger partial charge in [-0.15, -0.1) is 12.4 Å². The number of nitrogens with one attached hydrogen (secondary N) is 1. The molecule has 0 aromatic rings. The van der Waals surface area contributed by atoms with Crippen molar-refractivity contribution in [3.8, 4) is 0 Å². The Balaban J connectivity index is 0.00000264. The zero-order chi connectivity index (χ0) is 16.2. The van der Waals surface area contributed by atoms with Crippen LogP contribution in [0.25, 0.3) is 0 Å². The number of rotatable bonds is 6. The van der Waals surface area contributed by atoms with Crippen molar-refractivity contribution in [3.63, 3.8) is 0 Å². The lowest BCUT2D eigenvalue weighted by Gasteiger charge is -2.32. The zero-order valence-electron chi connectivity index (χ0n) is 13.9. The molecule has 1 amide bonds. The molecule has 8 heteroatoms. The van der Waals surface area contributed by atoms with Crippen LogP contribution in [-0.2, 0) is 14.8 Å². The molecule has 0 bridgehead atoms. The fourth-order valence-corrected chi connectivity index (χ4v) is 5.18. The van der Waals surface area contributed by atoms with Crippen LogP contribution < -0.4 is 11.1 Å². The molecule has 3 N–H and O–H groups in total. The van der Waals surface area contributed by atoms with E-state index in [-0.39, 0.29) is 36.0 Å². The first-order chi connectivity index (χ1) is 10.5. The molecule has 23 heavy (non-hydrogen) atoms. The maximum absolute atomic E-state index is 12.4. The van der Waals surface area contributed by atoms with Gasteiger partial charge in [0.05, 0.1) is 5.75 Å². The SMILES string of the molecule is CCCS(=O)(=O)N1CCC(NC(=O)[C@@H]2CCC[C@@H]2CN)CC1.Cl. The summed E-state index contributed by atoms with van der Waals surface area (Å²) in [4.78, 5) is 12.4. The van der Waals surface area contributed by atoms with E-state index >= 15 is 0 Å². The monoisotopic (exact) mass is 367 g/mol. The lowest BCUT2D eigenvalue weighted by molar-refractivity contribution is -0.126. The van der Waals surface area contributed by atoms with Crippen LogP contribution >= 0.6 is 12.4 Å². The quantitative estimate of drug-likeness (QED) is 0.735. The Kier molecular flexibility index (Phi) is 8.27. The molecule has 1 saturated heterocycles. The highest BCUT2D eigenvalue weighted by atomic mass is 35.5. The maximum Gasteiger partial charge on any atom is 0.223 e. The Hall–Kier alpha value is -0.370. The summed E-state index contributed by atoms with van der Waals surface area (Å²) >= 11 is 0. The fourth-order valence-electron chi connectivity index (χ4n) is 3.64. The number of amides is 1. The van der Waals surface area contributed by atoms with Gasteiger partial charge in [0.15, 0.2) is 0 Å². The molecule has 6 nitrogen and oxygen atoms in total. The molecular weight excluding hydrogens is 338 g/mol. The molecule has 1 aliphatic carbocycles. The average Bonchev–Trinajstić information content (AvgIpc) is 2.96. The molecule has 0 radical (unpaired) electrons. The molecule has 0 unspecified atom stereocenters. The average molecular weight is 368 g/mol. The smallest absolute Gasteiger partial charge is 0.223 e. The highest BCUT2D eigenvalue weighted by Crippen LogP contribution is 2.31. The molecule has 0 spiro atoms. The van der Waals surface area contributed by atoms with E-state index in [0.717, 1.165) is 19.3 Å². The first-order valence-corrected chi connectivity index (χ1v) is 10.1. The summed E-state index contributed by atoms with van der Waals surface area (Å²) in [5.74, 6) is 0.685. The van der Waals surface area contributed by atoms with E-state index in [9.17, 15) is 13.2 Å². The molecule has 1 heterocycles. The van der Waals surface area contributed by atoms with Crippen LogP contribution in [0.5, 0.6) is 0 Å². The van der Waals surface area contributed by atoms with Crippen molar-refractivity contribution in [3.05, 3.63) is 0 Å². The molecule has 1 aliphatic heterocycles. The van der Waals surface area contributed by atoms with Gasteiger partial charge in [-0.2, -0.15) is 0 Å². The number of sulfonamides is 1. The largest absolute Gasteiger partial charge is 0.353 e. The summed E-state index contributed by atoms with van der Waals surface area (Å²) in [6.45, 7) is 3.47. The van der Waals surface area contributed by atoms with E-state index in [1.54, 1.807) is 4.31 Å². The number of halogens is 1. The molecule has 2 rings (SSSR count). The van der Waals surface area contributed by atoms with Crippen LogP contribution in [0, 0.1) is 11.8 Å². The third-order valence-electron chi connectivity index (χ3n) is 4.95. The highest BCUT2D eigenvalue weighted by molar-refractivity contribution is 7.89. The van der Waals surface area contributed by atoms with Gasteiger partial charge in [-0.1, -0.05) is 13.3 Å². The maximum atomic E-state index is 12.4. The van der Waals surface area contributed by atoms with E-state index < -0.39 is 10.0 Å². The minimum absolute atomic E-state index is 0. The Morgan fingerprint density at radius 2 is 1.87 bits per heavy atom. The fraction of sp³-hybridized carbons (Fsp3) is 0.933. The minimum atomic E-state index is -3.11. The van der Waals surface area contributed by atoms with Gasteiger partial charge in [0.2, 0.25) is 15.9 Å². The lowest BCUT2D eigenvalue weighted by atomic mass is 9.94. The summed E-state index contributed by atoms with van der Waals surface area (Å²) in [6.07, 6.45) is 5.10. The van der Waals surface area contributed by atoms with Crippen LogP contribution in [0.4, 0.5) is 0 Å². The van der Waals surface area contributed by atoms with Crippen molar-refractivity contribution in [1.29, 1.82) is 0 Å². The van der Waals surface area contributed by atoms with E-state index in [0.29, 0.717) is 44.8 Å². The second-order valence-electron chi connectivity index (χ2n) is 6.53. The molecule has 0 aromatic heterocycles. The van der Waals surface area contributed by atoms with E-state index in [2.05, 4.69) is 5.32 Å². The molecule has 0 aromatic carbocycles. The Labute approximate surface area is 146 Å². The number of carbonyl (C=O) groups is 1. The Morgan fingerprint density at radius 1 is 1.22 bits per heavy atom. The Morgan fingerprint density at radius 3 is 2.43 bits per heavy atom. The standard InChI is InChI=1S/C15H29N3O3S.ClH/c1-2-10-22(20,21)18-8-6-13(7-9-18)17-15(19)14-5-3-4-12(14)11-16;/h12-14H,2-11,16H2,1H3,(H,17,19);1H/t12-,14-;/m1./s1. The summed E-state index contributed by atoms with van der Waals surface area (Å²) < 4.78 is 25.6. The second kappa shape index (κ2) is 9.20. The van der Waals surface area contributed by atoms with Gasteiger partial charge < -0.3 is 11.1 Å². The summed E-state index contributed by atoms with van der Waals surface area (Å²) in [7, 11) is -3.11. The number of hydrogen-bond acceptors (Lipinski definition) is 4. The van der Waals surface area contributed by atoms with Crippen molar-refractivity contribution in [2.75, 3.05) is 25.4 Å². The van der Waals surface area contributed by atoms with Crippen LogP contribution in [0.3, 0.4) is 0 Å². The number of nitrogens with two attached hydrogens (primary N) is 1. The van der Waals surface area contributed by atoms with E-state index in [1.165, 1.54) is 0 Å². The third-order valence-corrected chi connectivity index (χ3v) is 7.03. The van der Waals surface area contributed by atoms with Crippen LogP contribution in [0.1, 0.15) is 45.4 Å². The van der Waals surface area contributed by atoms with Gasteiger partial charge in [0, 0.05) is 25.0 Å². The first-order valence-electron chi connectivity index (χ1n) is 8.46. The first kappa shape index (κ1) is 20.7. The topological polar surface area (TPSA) is 92.5 Å². The summed E-state index contributed by atoms with van der Waals surface area (Å²) in [5, 5.41) is 3.11. The van der Waals surface area contributed by atoms with Gasteiger partial charge in [-0.25, -0.2) is 12.7 Å². The van der Waals surface area contributed by atoms with Crippen LogP contribution in [0.15, 0.2) is 0 Å². The number of nitrogens with zero attached hydrogens (tertiary/aromatic N) is 1. The van der Waals surface area contributed by atoms with Gasteiger partial charge in [0.25, 0.3) is 0 Å². The van der Waals surface area contributed by atoms with Crippen molar-refractivity contribution >= 4 is 28.3 Å². The molecular formula is C15H30ClN3O3S. The predicted molar refractivity (Wildman–Crippen MR) is 93.9 cm³/mol. The number of hydrogen-bond donors (Lipinski definition) is 2. The Bertz CT molecular complexity index is 478. The third kappa shape index (κ3) is 5.31.